The topological polar surface area (TPSA) is 71.8 Å². The van der Waals surface area contributed by atoms with Crippen molar-refractivity contribution in [2.75, 3.05) is 25.0 Å². The van der Waals surface area contributed by atoms with Crippen LogP contribution in [0.5, 0.6) is 0 Å². The number of hydrogen-bond acceptors (Lipinski definition) is 5. The number of nitrogens with zero attached hydrogens (tertiary/aromatic N) is 3. The van der Waals surface area contributed by atoms with Gasteiger partial charge in [-0.05, 0) is 49.9 Å². The Morgan fingerprint density at radius 2 is 2.29 bits per heavy atom. The van der Waals surface area contributed by atoms with Crippen molar-refractivity contribution in [3.8, 4) is 0 Å². The number of aryl methyl sites for hydroxylation is 1. The number of carbonyl (C=O) groups is 1. The molecule has 0 amide bonds. The van der Waals surface area contributed by atoms with E-state index in [9.17, 15) is 4.79 Å². The van der Waals surface area contributed by atoms with Crippen LogP contribution in [0.1, 0.15) is 43.6 Å². The number of rotatable bonds is 6. The summed E-state index contributed by atoms with van der Waals surface area (Å²) >= 11 is 0. The lowest BCUT2D eigenvalue weighted by molar-refractivity contribution is 0.0949. The molecule has 0 bridgehead atoms. The van der Waals surface area contributed by atoms with E-state index in [1.54, 1.807) is 4.68 Å². The van der Waals surface area contributed by atoms with Gasteiger partial charge in [0.25, 0.3) is 0 Å². The van der Waals surface area contributed by atoms with Crippen LogP contribution in [0.25, 0.3) is 11.0 Å². The van der Waals surface area contributed by atoms with E-state index in [4.69, 9.17) is 0 Å². The normalized spacial score (nSPS) is 18.2. The molecule has 6 nitrogen and oxygen atoms in total. The third-order valence-corrected chi connectivity index (χ3v) is 4.52. The Bertz CT molecular complexity index is 716. The van der Waals surface area contributed by atoms with E-state index < -0.39 is 0 Å². The molecule has 1 aliphatic rings. The molecule has 2 aromatic heterocycles. The van der Waals surface area contributed by atoms with E-state index in [1.807, 2.05) is 19.2 Å². The van der Waals surface area contributed by atoms with Gasteiger partial charge in [-0.1, -0.05) is 13.8 Å². The largest absolute Gasteiger partial charge is 0.370 e. The molecule has 1 saturated heterocycles. The van der Waals surface area contributed by atoms with Gasteiger partial charge in [0.2, 0.25) is 0 Å². The van der Waals surface area contributed by atoms with E-state index in [-0.39, 0.29) is 5.78 Å². The molecular weight excluding hydrogens is 302 g/mol. The Hall–Kier alpha value is -1.95. The first kappa shape index (κ1) is 16.9. The standard InChI is InChI=1S/C18H27N5O/c1-12(2)10-20-16-7-6-14-17(22-23(3)18(14)21-16)15(24)9-13-5-4-8-19-11-13/h6-7,12-13,19H,4-5,8-11H2,1-3H3,(H,20,21). The van der Waals surface area contributed by atoms with Crippen molar-refractivity contribution in [3.05, 3.63) is 17.8 Å². The summed E-state index contributed by atoms with van der Waals surface area (Å²) in [6, 6.07) is 3.90. The highest BCUT2D eigenvalue weighted by atomic mass is 16.1. The highest BCUT2D eigenvalue weighted by Gasteiger charge is 2.22. The molecule has 0 radical (unpaired) electrons. The lowest BCUT2D eigenvalue weighted by atomic mass is 9.93. The quantitative estimate of drug-likeness (QED) is 0.797. The van der Waals surface area contributed by atoms with Crippen molar-refractivity contribution in [1.82, 2.24) is 20.1 Å². The van der Waals surface area contributed by atoms with Crippen molar-refractivity contribution >= 4 is 22.6 Å². The van der Waals surface area contributed by atoms with Crippen LogP contribution < -0.4 is 10.6 Å². The van der Waals surface area contributed by atoms with Gasteiger partial charge in [0.05, 0.1) is 5.39 Å². The summed E-state index contributed by atoms with van der Waals surface area (Å²) in [6.45, 7) is 7.18. The average Bonchev–Trinajstić information content (AvgIpc) is 2.90. The van der Waals surface area contributed by atoms with Crippen molar-refractivity contribution in [3.63, 3.8) is 0 Å². The highest BCUT2D eigenvalue weighted by molar-refractivity contribution is 6.05. The average molecular weight is 329 g/mol. The zero-order valence-electron chi connectivity index (χ0n) is 14.8. The summed E-state index contributed by atoms with van der Waals surface area (Å²) in [4.78, 5) is 17.3. The van der Waals surface area contributed by atoms with Gasteiger partial charge in [-0.2, -0.15) is 5.10 Å². The van der Waals surface area contributed by atoms with Gasteiger partial charge in [0, 0.05) is 20.0 Å². The van der Waals surface area contributed by atoms with Crippen LogP contribution in [0.2, 0.25) is 0 Å². The van der Waals surface area contributed by atoms with Gasteiger partial charge in [0.1, 0.15) is 11.5 Å². The zero-order chi connectivity index (χ0) is 17.1. The Balaban J connectivity index is 1.79. The van der Waals surface area contributed by atoms with Crippen LogP contribution in [-0.4, -0.2) is 40.2 Å². The van der Waals surface area contributed by atoms with Crippen molar-refractivity contribution < 1.29 is 4.79 Å². The molecule has 0 aliphatic carbocycles. The molecule has 0 aromatic carbocycles. The molecule has 3 heterocycles. The summed E-state index contributed by atoms with van der Waals surface area (Å²) < 4.78 is 1.71. The smallest absolute Gasteiger partial charge is 0.184 e. The molecule has 6 heteroatoms. The lowest BCUT2D eigenvalue weighted by Gasteiger charge is -2.21. The molecule has 130 valence electrons. The first-order valence-electron chi connectivity index (χ1n) is 8.86. The van der Waals surface area contributed by atoms with Gasteiger partial charge in [-0.15, -0.1) is 0 Å². The van der Waals surface area contributed by atoms with Crippen LogP contribution in [-0.2, 0) is 7.05 Å². The number of carbonyl (C=O) groups excluding carboxylic acids is 1. The number of pyridine rings is 1. The second-order valence-electron chi connectivity index (χ2n) is 7.15. The maximum atomic E-state index is 12.7. The van der Waals surface area contributed by atoms with Gasteiger partial charge in [-0.25, -0.2) is 9.67 Å². The summed E-state index contributed by atoms with van der Waals surface area (Å²) in [7, 11) is 1.85. The minimum atomic E-state index is 0.124. The van der Waals surface area contributed by atoms with Crippen LogP contribution >= 0.6 is 0 Å². The second kappa shape index (κ2) is 7.30. The van der Waals surface area contributed by atoms with Crippen molar-refractivity contribution in [2.45, 2.75) is 33.1 Å². The third-order valence-electron chi connectivity index (χ3n) is 4.52. The Morgan fingerprint density at radius 3 is 3.00 bits per heavy atom. The number of fused-ring (bicyclic) bond motifs is 1. The molecule has 1 aliphatic heterocycles. The number of Topliss-reactive ketones (excluding diaryl/α,β-unsaturated/α-hetero) is 1. The number of nitrogens with one attached hydrogen (secondary N) is 2. The molecule has 2 aromatic rings. The van der Waals surface area contributed by atoms with Crippen LogP contribution in [0.3, 0.4) is 0 Å². The Labute approximate surface area is 143 Å². The molecule has 0 saturated carbocycles. The molecule has 24 heavy (non-hydrogen) atoms. The predicted molar refractivity (Wildman–Crippen MR) is 96.4 cm³/mol. The summed E-state index contributed by atoms with van der Waals surface area (Å²) in [6.07, 6.45) is 2.82. The van der Waals surface area contributed by atoms with E-state index >= 15 is 0 Å². The fourth-order valence-electron chi connectivity index (χ4n) is 3.20. The van der Waals surface area contributed by atoms with E-state index in [0.29, 0.717) is 24.0 Å². The number of piperidine rings is 1. The second-order valence-corrected chi connectivity index (χ2v) is 7.15. The SMILES string of the molecule is CC(C)CNc1ccc2c(C(=O)CC3CCCNC3)nn(C)c2n1. The van der Waals surface area contributed by atoms with Crippen LogP contribution in [0.15, 0.2) is 12.1 Å². The van der Waals surface area contributed by atoms with Crippen molar-refractivity contribution in [2.24, 2.45) is 18.9 Å². The van der Waals surface area contributed by atoms with E-state index in [1.165, 1.54) is 0 Å². The predicted octanol–water partition coefficient (Wildman–Crippen LogP) is 2.61. The number of hydrogen-bond donors (Lipinski definition) is 2. The highest BCUT2D eigenvalue weighted by Crippen LogP contribution is 2.23. The maximum Gasteiger partial charge on any atom is 0.184 e. The third kappa shape index (κ3) is 3.75. The minimum absolute atomic E-state index is 0.124. The fraction of sp³-hybridized carbons (Fsp3) is 0.611. The number of aromatic nitrogens is 3. The van der Waals surface area contributed by atoms with Gasteiger partial charge in [0.15, 0.2) is 11.4 Å². The Morgan fingerprint density at radius 1 is 1.46 bits per heavy atom. The van der Waals surface area contributed by atoms with Crippen LogP contribution in [0.4, 0.5) is 5.82 Å². The molecular formula is C18H27N5O. The number of anilines is 1. The maximum absolute atomic E-state index is 12.7. The lowest BCUT2D eigenvalue weighted by Crippen LogP contribution is -2.31. The monoisotopic (exact) mass is 329 g/mol. The number of ketones is 1. The Kier molecular flexibility index (Phi) is 5.14. The van der Waals surface area contributed by atoms with E-state index in [0.717, 1.165) is 49.3 Å². The summed E-state index contributed by atoms with van der Waals surface area (Å²) in [5, 5.41) is 12.0. The first-order chi connectivity index (χ1) is 11.5. The van der Waals surface area contributed by atoms with Gasteiger partial charge in [-0.3, -0.25) is 4.79 Å². The van der Waals surface area contributed by atoms with Crippen LogP contribution in [0, 0.1) is 11.8 Å². The molecule has 2 N–H and O–H groups in total. The molecule has 1 atom stereocenters. The molecule has 3 rings (SSSR count). The van der Waals surface area contributed by atoms with E-state index in [2.05, 4.69) is 34.6 Å². The van der Waals surface area contributed by atoms with Gasteiger partial charge < -0.3 is 10.6 Å². The fourth-order valence-corrected chi connectivity index (χ4v) is 3.20. The molecule has 1 fully saturated rings. The summed E-state index contributed by atoms with van der Waals surface area (Å²) in [5.41, 5.74) is 1.31. The molecule has 1 unspecified atom stereocenters. The van der Waals surface area contributed by atoms with Gasteiger partial charge >= 0.3 is 0 Å². The summed E-state index contributed by atoms with van der Waals surface area (Å²) in [5.74, 6) is 1.92. The first-order valence-corrected chi connectivity index (χ1v) is 8.86. The zero-order valence-corrected chi connectivity index (χ0v) is 14.8. The van der Waals surface area contributed by atoms with Crippen molar-refractivity contribution in [1.29, 1.82) is 0 Å². The minimum Gasteiger partial charge on any atom is -0.370 e. The molecule has 0 spiro atoms.